The van der Waals surface area contributed by atoms with Crippen molar-refractivity contribution in [2.75, 3.05) is 4.90 Å². The van der Waals surface area contributed by atoms with Gasteiger partial charge in [0.05, 0.1) is 18.8 Å². The van der Waals surface area contributed by atoms with E-state index in [9.17, 15) is 22.0 Å². The number of carbonyl (C=O) groups is 1. The van der Waals surface area contributed by atoms with Crippen molar-refractivity contribution in [3.05, 3.63) is 95.6 Å². The Labute approximate surface area is 166 Å². The molecule has 0 atom stereocenters. The van der Waals surface area contributed by atoms with Crippen molar-refractivity contribution < 1.29 is 22.0 Å². The van der Waals surface area contributed by atoms with Crippen LogP contribution >= 0.6 is 0 Å². The number of para-hydroxylation sites is 1. The number of amides is 2. The molecule has 1 aliphatic heterocycles. The van der Waals surface area contributed by atoms with E-state index in [4.69, 9.17) is 0 Å². The molecule has 0 bridgehead atoms. The topological polar surface area (TPSA) is 57.7 Å². The Morgan fingerprint density at radius 3 is 2.07 bits per heavy atom. The molecule has 3 aromatic rings. The van der Waals surface area contributed by atoms with Gasteiger partial charge in [0, 0.05) is 6.07 Å². The Bertz CT molecular complexity index is 1160. The van der Waals surface area contributed by atoms with Crippen LogP contribution in [0.1, 0.15) is 11.1 Å². The third-order valence-corrected chi connectivity index (χ3v) is 6.37. The molecule has 2 amide bonds. The second kappa shape index (κ2) is 7.29. The van der Waals surface area contributed by atoms with Gasteiger partial charge in [0.1, 0.15) is 16.5 Å². The van der Waals surface area contributed by atoms with Gasteiger partial charge >= 0.3 is 6.03 Å². The van der Waals surface area contributed by atoms with Gasteiger partial charge in [0.2, 0.25) is 0 Å². The summed E-state index contributed by atoms with van der Waals surface area (Å²) in [6.07, 6.45) is 0. The molecule has 0 radical (unpaired) electrons. The first kappa shape index (κ1) is 19.1. The van der Waals surface area contributed by atoms with Crippen LogP contribution < -0.4 is 4.90 Å². The highest BCUT2D eigenvalue weighted by atomic mass is 32.2. The normalized spacial score (nSPS) is 15.3. The highest BCUT2D eigenvalue weighted by Crippen LogP contribution is 2.36. The lowest BCUT2D eigenvalue weighted by Gasteiger charge is -2.36. The highest BCUT2D eigenvalue weighted by Gasteiger charge is 2.41. The molecule has 1 aliphatic rings. The van der Waals surface area contributed by atoms with Crippen molar-refractivity contribution >= 4 is 21.7 Å². The summed E-state index contributed by atoms with van der Waals surface area (Å²) in [5, 5.41) is 0. The number of fused-ring (bicyclic) bond motifs is 1. The van der Waals surface area contributed by atoms with Crippen LogP contribution in [0.4, 0.5) is 19.3 Å². The predicted molar refractivity (Wildman–Crippen MR) is 104 cm³/mol. The van der Waals surface area contributed by atoms with Crippen LogP contribution in [0.5, 0.6) is 0 Å². The quantitative estimate of drug-likeness (QED) is 0.640. The fourth-order valence-corrected chi connectivity index (χ4v) is 4.85. The molecular weight excluding hydrogens is 398 g/mol. The van der Waals surface area contributed by atoms with E-state index >= 15 is 0 Å². The molecule has 1 heterocycles. The maximum atomic E-state index is 13.6. The molecule has 0 spiro atoms. The molecule has 8 heteroatoms. The lowest BCUT2D eigenvalue weighted by molar-refractivity contribution is 0.226. The maximum absolute atomic E-state index is 13.6. The predicted octanol–water partition coefficient (Wildman–Crippen LogP) is 4.30. The van der Waals surface area contributed by atoms with E-state index < -0.39 is 27.7 Å². The van der Waals surface area contributed by atoms with E-state index in [2.05, 4.69) is 0 Å². The summed E-state index contributed by atoms with van der Waals surface area (Å²) in [7, 11) is -4.08. The van der Waals surface area contributed by atoms with E-state index in [-0.39, 0.29) is 29.2 Å². The summed E-state index contributed by atoms with van der Waals surface area (Å²) in [6, 6.07) is 17.0. The average molecular weight is 414 g/mol. The maximum Gasteiger partial charge on any atom is 0.339 e. The second-order valence-corrected chi connectivity index (χ2v) is 8.44. The minimum atomic E-state index is -4.08. The van der Waals surface area contributed by atoms with Gasteiger partial charge in [0.15, 0.2) is 0 Å². The lowest BCUT2D eigenvalue weighted by atomic mass is 10.2. The first-order valence-corrected chi connectivity index (χ1v) is 10.2. The molecule has 148 valence electrons. The van der Waals surface area contributed by atoms with Gasteiger partial charge in [-0.15, -0.1) is 0 Å². The van der Waals surface area contributed by atoms with Crippen molar-refractivity contribution in [3.8, 4) is 0 Å². The van der Waals surface area contributed by atoms with Gasteiger partial charge in [0.25, 0.3) is 10.0 Å². The van der Waals surface area contributed by atoms with Crippen molar-refractivity contribution in [1.82, 2.24) is 4.31 Å². The van der Waals surface area contributed by atoms with Gasteiger partial charge in [-0.3, -0.25) is 4.90 Å². The molecule has 4 rings (SSSR count). The number of nitrogens with zero attached hydrogens (tertiary/aromatic N) is 2. The van der Waals surface area contributed by atoms with Crippen LogP contribution in [-0.2, 0) is 23.1 Å². The summed E-state index contributed by atoms with van der Waals surface area (Å²) < 4.78 is 54.2. The molecule has 0 unspecified atom stereocenters. The van der Waals surface area contributed by atoms with Crippen molar-refractivity contribution in [3.63, 3.8) is 0 Å². The zero-order chi connectivity index (χ0) is 20.6. The summed E-state index contributed by atoms with van der Waals surface area (Å²) >= 11 is 0. The molecule has 5 nitrogen and oxygen atoms in total. The zero-order valence-electron chi connectivity index (χ0n) is 15.1. The fourth-order valence-electron chi connectivity index (χ4n) is 3.30. The summed E-state index contributed by atoms with van der Waals surface area (Å²) in [5.74, 6) is -1.54. The minimum absolute atomic E-state index is 0.0348. The number of halogens is 2. The smallest absolute Gasteiger partial charge is 0.288 e. The molecule has 0 saturated carbocycles. The Kier molecular flexibility index (Phi) is 4.79. The number of rotatable bonds is 4. The molecule has 3 aromatic carbocycles. The van der Waals surface area contributed by atoms with Gasteiger partial charge in [-0.1, -0.05) is 42.5 Å². The third kappa shape index (κ3) is 3.58. The number of urea groups is 1. The van der Waals surface area contributed by atoms with E-state index in [0.29, 0.717) is 5.56 Å². The lowest BCUT2D eigenvalue weighted by Crippen LogP contribution is -2.49. The Balaban J connectivity index is 1.79. The number of hydrogen-bond acceptors (Lipinski definition) is 3. The third-order valence-electron chi connectivity index (χ3n) is 4.60. The first-order chi connectivity index (χ1) is 13.9. The second-order valence-electron chi connectivity index (χ2n) is 6.61. The number of anilines is 1. The number of carbonyl (C=O) groups excluding carboxylic acids is 1. The van der Waals surface area contributed by atoms with Gasteiger partial charge < -0.3 is 0 Å². The van der Waals surface area contributed by atoms with Crippen LogP contribution in [0.2, 0.25) is 0 Å². The molecule has 29 heavy (non-hydrogen) atoms. The molecule has 0 aliphatic carbocycles. The van der Waals surface area contributed by atoms with Crippen molar-refractivity contribution in [2.24, 2.45) is 0 Å². The van der Waals surface area contributed by atoms with E-state index in [1.54, 1.807) is 42.5 Å². The molecule has 0 aromatic heterocycles. The summed E-state index contributed by atoms with van der Waals surface area (Å²) in [4.78, 5) is 14.3. The Hall–Kier alpha value is -3.26. The number of benzene rings is 3. The van der Waals surface area contributed by atoms with E-state index in [0.717, 1.165) is 22.5 Å². The van der Waals surface area contributed by atoms with Crippen LogP contribution in [-0.4, -0.2) is 18.8 Å². The molecule has 0 fully saturated rings. The molecular formula is C21H16F2N2O3S. The largest absolute Gasteiger partial charge is 0.339 e. The van der Waals surface area contributed by atoms with Crippen molar-refractivity contribution in [2.45, 2.75) is 18.0 Å². The van der Waals surface area contributed by atoms with Gasteiger partial charge in [-0.25, -0.2) is 26.3 Å². The zero-order valence-corrected chi connectivity index (χ0v) is 15.9. The monoisotopic (exact) mass is 414 g/mol. The molecule has 0 N–H and O–H groups in total. The molecule has 0 saturated heterocycles. The van der Waals surface area contributed by atoms with Crippen LogP contribution in [0.25, 0.3) is 0 Å². The Morgan fingerprint density at radius 1 is 0.759 bits per heavy atom. The SMILES string of the molecule is O=C1N(Cc2cc(F)cc(F)c2)c2ccccc2S(=O)(=O)N1Cc1ccccc1. The number of hydrogen-bond donors (Lipinski definition) is 0. The number of sulfonamides is 1. The van der Waals surface area contributed by atoms with Crippen LogP contribution in [0, 0.1) is 11.6 Å². The Morgan fingerprint density at radius 2 is 1.38 bits per heavy atom. The van der Waals surface area contributed by atoms with Crippen molar-refractivity contribution in [1.29, 1.82) is 0 Å². The van der Waals surface area contributed by atoms with E-state index in [1.165, 1.54) is 17.0 Å². The standard InChI is InChI=1S/C21H16F2N2O3S/c22-17-10-16(11-18(23)12-17)13-24-19-8-4-5-9-20(19)29(27,28)25(21(24)26)14-15-6-2-1-3-7-15/h1-12H,13-14H2. The highest BCUT2D eigenvalue weighted by molar-refractivity contribution is 7.90. The van der Waals surface area contributed by atoms with Crippen LogP contribution in [0.15, 0.2) is 77.7 Å². The van der Waals surface area contributed by atoms with Gasteiger partial charge in [-0.2, -0.15) is 0 Å². The van der Waals surface area contributed by atoms with E-state index in [1.807, 2.05) is 0 Å². The summed E-state index contributed by atoms with van der Waals surface area (Å²) in [6.45, 7) is -0.324. The summed E-state index contributed by atoms with van der Waals surface area (Å²) in [5.41, 5.74) is 1.02. The van der Waals surface area contributed by atoms with Gasteiger partial charge in [-0.05, 0) is 35.4 Å². The first-order valence-electron chi connectivity index (χ1n) is 8.78. The fraction of sp³-hybridized carbons (Fsp3) is 0.0952. The minimum Gasteiger partial charge on any atom is -0.288 e. The average Bonchev–Trinajstić information content (AvgIpc) is 2.69. The van der Waals surface area contributed by atoms with Crippen LogP contribution in [0.3, 0.4) is 0 Å².